The number of carbonyl (C=O) groups is 1. The summed E-state index contributed by atoms with van der Waals surface area (Å²) >= 11 is 6.23. The molecule has 1 N–H and O–H groups in total. The fourth-order valence-electron chi connectivity index (χ4n) is 2.18. The quantitative estimate of drug-likeness (QED) is 0.297. The van der Waals surface area contributed by atoms with Crippen LogP contribution >= 0.6 is 45.8 Å². The summed E-state index contributed by atoms with van der Waals surface area (Å²) in [4.78, 5) is 17.8. The topological polar surface area (TPSA) is 77.0 Å². The molecule has 0 unspecified atom stereocenters. The van der Waals surface area contributed by atoms with Crippen LogP contribution in [0.4, 0.5) is 5.13 Å². The Hall–Kier alpha value is -2.27. The Morgan fingerprint density at radius 1 is 1.18 bits per heavy atom. The number of hydrogen-bond donors (Lipinski definition) is 1. The van der Waals surface area contributed by atoms with E-state index < -0.39 is 0 Å². The minimum Gasteiger partial charge on any atom is -0.487 e. The highest BCUT2D eigenvalue weighted by atomic mass is 32.2. The third-order valence-electron chi connectivity index (χ3n) is 3.53. The highest BCUT2D eigenvalue weighted by molar-refractivity contribution is 8.00. The van der Waals surface area contributed by atoms with Crippen LogP contribution in [0.2, 0.25) is 0 Å². The highest BCUT2D eigenvalue weighted by Gasteiger charge is 2.11. The third kappa shape index (κ3) is 5.16. The molecule has 28 heavy (non-hydrogen) atoms. The number of nitrogens with one attached hydrogen (secondary N) is 1. The maximum absolute atomic E-state index is 12.4. The Morgan fingerprint density at radius 3 is 2.82 bits per heavy atom. The molecule has 0 aliphatic carbocycles. The summed E-state index contributed by atoms with van der Waals surface area (Å²) in [6.45, 7) is 0.408. The first-order valence-electron chi connectivity index (χ1n) is 8.16. The summed E-state index contributed by atoms with van der Waals surface area (Å²) in [5, 5.41) is 15.4. The number of thiophene rings is 1. The SMILES string of the molecule is O=C(Nc1nnc(SCc2cccs2)s1)c1ccc(OCc2cscn2)cc1. The van der Waals surface area contributed by atoms with Gasteiger partial charge in [0.05, 0.1) is 11.2 Å². The van der Waals surface area contributed by atoms with Crippen molar-refractivity contribution in [2.24, 2.45) is 0 Å². The molecule has 0 spiro atoms. The summed E-state index contributed by atoms with van der Waals surface area (Å²) in [5.41, 5.74) is 3.19. The standard InChI is InChI=1S/C18H14N4O2S4/c23-16(12-3-5-14(6-4-12)24-8-13-9-25-11-19-13)20-17-21-22-18(28-17)27-10-15-2-1-7-26-15/h1-7,9,11H,8,10H2,(H,20,21,23). The molecular formula is C18H14N4O2S4. The molecule has 6 nitrogen and oxygen atoms in total. The van der Waals surface area contributed by atoms with Crippen molar-refractivity contribution in [3.8, 4) is 5.75 Å². The Morgan fingerprint density at radius 2 is 2.07 bits per heavy atom. The molecule has 3 aromatic heterocycles. The number of amides is 1. The van der Waals surface area contributed by atoms with Gasteiger partial charge >= 0.3 is 0 Å². The summed E-state index contributed by atoms with van der Waals surface area (Å²) in [6, 6.07) is 11.1. The smallest absolute Gasteiger partial charge is 0.257 e. The molecule has 0 atom stereocenters. The van der Waals surface area contributed by atoms with E-state index in [1.807, 2.05) is 11.4 Å². The third-order valence-corrected chi connectivity index (χ3v) is 7.25. The zero-order chi connectivity index (χ0) is 19.2. The second-order valence-electron chi connectivity index (χ2n) is 5.49. The number of thiazole rings is 1. The van der Waals surface area contributed by atoms with Crippen LogP contribution in [0.15, 0.2) is 57.0 Å². The minimum absolute atomic E-state index is 0.225. The molecule has 142 valence electrons. The number of rotatable bonds is 8. The van der Waals surface area contributed by atoms with Gasteiger partial charge in [0, 0.05) is 21.6 Å². The first kappa shape index (κ1) is 19.1. The van der Waals surface area contributed by atoms with Gasteiger partial charge in [-0.3, -0.25) is 10.1 Å². The number of aromatic nitrogens is 3. The van der Waals surface area contributed by atoms with Gasteiger partial charge in [0.25, 0.3) is 5.91 Å². The van der Waals surface area contributed by atoms with E-state index in [1.54, 1.807) is 52.9 Å². The van der Waals surface area contributed by atoms with Crippen molar-refractivity contribution < 1.29 is 9.53 Å². The lowest BCUT2D eigenvalue weighted by molar-refractivity contribution is 0.102. The van der Waals surface area contributed by atoms with Gasteiger partial charge in [0.15, 0.2) is 4.34 Å². The number of hydrogen-bond acceptors (Lipinski definition) is 9. The molecule has 3 heterocycles. The van der Waals surface area contributed by atoms with E-state index in [0.717, 1.165) is 15.8 Å². The predicted molar refractivity (Wildman–Crippen MR) is 115 cm³/mol. The van der Waals surface area contributed by atoms with Crippen LogP contribution in [0.25, 0.3) is 0 Å². The van der Waals surface area contributed by atoms with Crippen LogP contribution in [0.1, 0.15) is 20.9 Å². The molecule has 0 aliphatic heterocycles. The van der Waals surface area contributed by atoms with Gasteiger partial charge < -0.3 is 4.74 Å². The van der Waals surface area contributed by atoms with E-state index in [0.29, 0.717) is 23.1 Å². The van der Waals surface area contributed by atoms with E-state index in [2.05, 4.69) is 31.9 Å². The molecule has 10 heteroatoms. The van der Waals surface area contributed by atoms with Crippen molar-refractivity contribution in [3.05, 3.63) is 68.8 Å². The van der Waals surface area contributed by atoms with Gasteiger partial charge in [0.2, 0.25) is 5.13 Å². The van der Waals surface area contributed by atoms with E-state index >= 15 is 0 Å². The van der Waals surface area contributed by atoms with Crippen molar-refractivity contribution in [2.75, 3.05) is 5.32 Å². The fourth-order valence-corrected chi connectivity index (χ4v) is 5.25. The number of benzene rings is 1. The summed E-state index contributed by atoms with van der Waals surface area (Å²) in [7, 11) is 0. The fraction of sp³-hybridized carbons (Fsp3) is 0.111. The molecule has 4 rings (SSSR count). The number of thioether (sulfide) groups is 1. The molecule has 0 aliphatic rings. The Balaban J connectivity index is 1.29. The summed E-state index contributed by atoms with van der Waals surface area (Å²) < 4.78 is 6.48. The van der Waals surface area contributed by atoms with Gasteiger partial charge in [-0.25, -0.2) is 4.98 Å². The van der Waals surface area contributed by atoms with Gasteiger partial charge in [0.1, 0.15) is 12.4 Å². The Bertz CT molecular complexity index is 1010. The highest BCUT2D eigenvalue weighted by Crippen LogP contribution is 2.29. The maximum Gasteiger partial charge on any atom is 0.257 e. The first-order chi connectivity index (χ1) is 13.8. The summed E-state index contributed by atoms with van der Waals surface area (Å²) in [5.74, 6) is 1.31. The normalized spacial score (nSPS) is 10.7. The van der Waals surface area contributed by atoms with Crippen LogP contribution < -0.4 is 10.1 Å². The lowest BCUT2D eigenvalue weighted by atomic mass is 10.2. The molecule has 1 aromatic carbocycles. The van der Waals surface area contributed by atoms with Gasteiger partial charge in [-0.05, 0) is 35.7 Å². The van der Waals surface area contributed by atoms with Crippen molar-refractivity contribution in [1.29, 1.82) is 0 Å². The monoisotopic (exact) mass is 446 g/mol. The van der Waals surface area contributed by atoms with Gasteiger partial charge in [-0.2, -0.15) is 0 Å². The van der Waals surface area contributed by atoms with Crippen molar-refractivity contribution >= 4 is 56.8 Å². The molecule has 0 radical (unpaired) electrons. The first-order valence-corrected chi connectivity index (χ1v) is 11.8. The second-order valence-corrected chi connectivity index (χ2v) is 9.44. The van der Waals surface area contributed by atoms with Gasteiger partial charge in [-0.1, -0.05) is 29.2 Å². The lowest BCUT2D eigenvalue weighted by Gasteiger charge is -2.05. The zero-order valence-electron chi connectivity index (χ0n) is 14.4. The number of anilines is 1. The average molecular weight is 447 g/mol. The molecule has 4 aromatic rings. The Kier molecular flexibility index (Phi) is 6.32. The lowest BCUT2D eigenvalue weighted by Crippen LogP contribution is -2.11. The van der Waals surface area contributed by atoms with E-state index in [9.17, 15) is 4.79 Å². The molecule has 0 saturated heterocycles. The average Bonchev–Trinajstić information content (AvgIpc) is 3.48. The van der Waals surface area contributed by atoms with Gasteiger partial charge in [-0.15, -0.1) is 32.9 Å². The largest absolute Gasteiger partial charge is 0.487 e. The summed E-state index contributed by atoms with van der Waals surface area (Å²) in [6.07, 6.45) is 0. The Labute approximate surface area is 177 Å². The van der Waals surface area contributed by atoms with Crippen molar-refractivity contribution in [2.45, 2.75) is 16.7 Å². The molecular weight excluding hydrogens is 432 g/mol. The molecule has 1 amide bonds. The number of ether oxygens (including phenoxy) is 1. The van der Waals surface area contributed by atoms with Crippen LogP contribution in [0.3, 0.4) is 0 Å². The van der Waals surface area contributed by atoms with E-state index in [-0.39, 0.29) is 5.91 Å². The van der Waals surface area contributed by atoms with Crippen molar-refractivity contribution in [1.82, 2.24) is 15.2 Å². The van der Waals surface area contributed by atoms with E-state index in [4.69, 9.17) is 4.74 Å². The van der Waals surface area contributed by atoms with Crippen LogP contribution in [-0.2, 0) is 12.4 Å². The van der Waals surface area contributed by atoms with E-state index in [1.165, 1.54) is 27.6 Å². The van der Waals surface area contributed by atoms with Crippen LogP contribution in [0, 0.1) is 0 Å². The second kappa shape index (κ2) is 9.28. The molecule has 0 bridgehead atoms. The van der Waals surface area contributed by atoms with Crippen molar-refractivity contribution in [3.63, 3.8) is 0 Å². The predicted octanol–water partition coefficient (Wildman–Crippen LogP) is 5.18. The van der Waals surface area contributed by atoms with Crippen LogP contribution in [0.5, 0.6) is 5.75 Å². The minimum atomic E-state index is -0.225. The number of carbonyl (C=O) groups excluding carboxylic acids is 1. The van der Waals surface area contributed by atoms with Crippen LogP contribution in [-0.4, -0.2) is 21.1 Å². The number of nitrogens with zero attached hydrogens (tertiary/aromatic N) is 3. The molecule has 0 fully saturated rings. The molecule has 0 saturated carbocycles. The maximum atomic E-state index is 12.4. The zero-order valence-corrected chi connectivity index (χ0v) is 17.7.